The minimum absolute atomic E-state index is 0.119. The molecule has 2 aliphatic rings. The topological polar surface area (TPSA) is 59.4 Å². The Morgan fingerprint density at radius 1 is 1.03 bits per heavy atom. The molecule has 34 heavy (non-hydrogen) atoms. The van der Waals surface area contributed by atoms with Gasteiger partial charge in [-0.2, -0.15) is 5.10 Å². The molecule has 0 bridgehead atoms. The summed E-state index contributed by atoms with van der Waals surface area (Å²) in [5, 5.41) is 8.51. The smallest absolute Gasteiger partial charge is 0.274 e. The predicted molar refractivity (Wildman–Crippen MR) is 135 cm³/mol. The van der Waals surface area contributed by atoms with E-state index < -0.39 is 0 Å². The van der Waals surface area contributed by atoms with Crippen molar-refractivity contribution < 1.29 is 9.53 Å². The molecule has 1 fully saturated rings. The molecule has 1 aromatic heterocycles. The largest absolute Gasteiger partial charge is 0.457 e. The van der Waals surface area contributed by atoms with Crippen molar-refractivity contribution >= 4 is 11.6 Å². The SMILES string of the molecule is CCCn1nc(C(=O)N2CCCCC2)c2c1CCC(Nc1ccc(Oc3ccccc3)cc1)C2. The second kappa shape index (κ2) is 10.3. The van der Waals surface area contributed by atoms with Crippen molar-refractivity contribution in [3.63, 3.8) is 0 Å². The first-order valence-corrected chi connectivity index (χ1v) is 12.7. The molecule has 1 atom stereocenters. The van der Waals surface area contributed by atoms with Gasteiger partial charge in [-0.15, -0.1) is 0 Å². The number of aromatic nitrogens is 2. The molecule has 1 amide bonds. The third-order valence-corrected chi connectivity index (χ3v) is 6.83. The number of hydrogen-bond acceptors (Lipinski definition) is 4. The van der Waals surface area contributed by atoms with E-state index in [1.54, 1.807) is 0 Å². The molecule has 178 valence electrons. The maximum Gasteiger partial charge on any atom is 0.274 e. The third kappa shape index (κ3) is 4.96. The first-order chi connectivity index (χ1) is 16.7. The summed E-state index contributed by atoms with van der Waals surface area (Å²) in [5.41, 5.74) is 4.16. The van der Waals surface area contributed by atoms with Gasteiger partial charge < -0.3 is 15.0 Å². The van der Waals surface area contributed by atoms with Crippen LogP contribution in [0.15, 0.2) is 54.6 Å². The molecule has 6 nitrogen and oxygen atoms in total. The Bertz CT molecular complexity index is 1100. The number of amides is 1. The van der Waals surface area contributed by atoms with Gasteiger partial charge >= 0.3 is 0 Å². The molecule has 3 aromatic rings. The summed E-state index contributed by atoms with van der Waals surface area (Å²) in [6, 6.07) is 18.2. The summed E-state index contributed by atoms with van der Waals surface area (Å²) in [6.07, 6.45) is 7.23. The quantitative estimate of drug-likeness (QED) is 0.495. The zero-order valence-corrected chi connectivity index (χ0v) is 20.0. The van der Waals surface area contributed by atoms with E-state index in [1.807, 2.05) is 47.4 Å². The number of fused-ring (bicyclic) bond motifs is 1. The summed E-state index contributed by atoms with van der Waals surface area (Å²) < 4.78 is 8.01. The number of carbonyl (C=O) groups is 1. The molecule has 2 heterocycles. The van der Waals surface area contributed by atoms with Crippen molar-refractivity contribution in [2.45, 2.75) is 64.5 Å². The van der Waals surface area contributed by atoms with Gasteiger partial charge in [0.05, 0.1) is 0 Å². The molecule has 0 saturated carbocycles. The van der Waals surface area contributed by atoms with E-state index in [1.165, 1.54) is 12.1 Å². The van der Waals surface area contributed by atoms with Gasteiger partial charge in [-0.3, -0.25) is 9.48 Å². The monoisotopic (exact) mass is 458 g/mol. The fourth-order valence-electron chi connectivity index (χ4n) is 5.11. The summed E-state index contributed by atoms with van der Waals surface area (Å²) in [6.45, 7) is 4.75. The second-order valence-electron chi connectivity index (χ2n) is 9.37. The van der Waals surface area contributed by atoms with Gasteiger partial charge in [0.1, 0.15) is 11.5 Å². The van der Waals surface area contributed by atoms with Gasteiger partial charge in [0.15, 0.2) is 5.69 Å². The molecule has 1 aliphatic heterocycles. The highest BCUT2D eigenvalue weighted by Gasteiger charge is 2.31. The van der Waals surface area contributed by atoms with Crippen LogP contribution in [0.2, 0.25) is 0 Å². The standard InChI is InChI=1S/C28H34N4O2/c1-2-17-32-26-16-13-22(20-25(26)27(30-32)28(33)31-18-7-4-8-19-31)29-21-11-14-24(15-12-21)34-23-9-5-3-6-10-23/h3,5-6,9-12,14-15,22,29H,2,4,7-8,13,16-20H2,1H3. The van der Waals surface area contributed by atoms with Crippen molar-refractivity contribution in [3.8, 4) is 11.5 Å². The lowest BCUT2D eigenvalue weighted by Crippen LogP contribution is -2.37. The van der Waals surface area contributed by atoms with Gasteiger partial charge in [-0.25, -0.2) is 0 Å². The lowest BCUT2D eigenvalue weighted by Gasteiger charge is -2.28. The first-order valence-electron chi connectivity index (χ1n) is 12.7. The number of benzene rings is 2. The second-order valence-corrected chi connectivity index (χ2v) is 9.37. The molecule has 1 unspecified atom stereocenters. The number of aryl methyl sites for hydroxylation is 1. The molecular weight excluding hydrogens is 424 g/mol. The number of hydrogen-bond donors (Lipinski definition) is 1. The van der Waals surface area contributed by atoms with E-state index in [9.17, 15) is 4.79 Å². The summed E-state index contributed by atoms with van der Waals surface area (Å²) in [7, 11) is 0. The summed E-state index contributed by atoms with van der Waals surface area (Å²) in [5.74, 6) is 1.77. The van der Waals surface area contributed by atoms with Crippen LogP contribution >= 0.6 is 0 Å². The zero-order chi connectivity index (χ0) is 23.3. The highest BCUT2D eigenvalue weighted by molar-refractivity contribution is 5.94. The van der Waals surface area contributed by atoms with Crippen LogP contribution in [0.1, 0.15) is 60.8 Å². The number of piperidine rings is 1. The first kappa shape index (κ1) is 22.5. The van der Waals surface area contributed by atoms with E-state index in [2.05, 4.69) is 29.1 Å². The summed E-state index contributed by atoms with van der Waals surface area (Å²) >= 11 is 0. The van der Waals surface area contributed by atoms with E-state index in [0.29, 0.717) is 5.69 Å². The molecule has 0 radical (unpaired) electrons. The minimum Gasteiger partial charge on any atom is -0.457 e. The zero-order valence-electron chi connectivity index (χ0n) is 20.0. The lowest BCUT2D eigenvalue weighted by molar-refractivity contribution is 0.0716. The van der Waals surface area contributed by atoms with Gasteiger partial charge in [0.25, 0.3) is 5.91 Å². The van der Waals surface area contributed by atoms with Crippen molar-refractivity contribution in [2.75, 3.05) is 18.4 Å². The van der Waals surface area contributed by atoms with Crippen LogP contribution in [0.5, 0.6) is 11.5 Å². The number of para-hydroxylation sites is 1. The molecular formula is C28H34N4O2. The van der Waals surface area contributed by atoms with Crippen molar-refractivity contribution in [1.82, 2.24) is 14.7 Å². The fourth-order valence-corrected chi connectivity index (χ4v) is 5.11. The molecule has 1 N–H and O–H groups in total. The lowest BCUT2D eigenvalue weighted by atomic mass is 9.90. The van der Waals surface area contributed by atoms with E-state index in [-0.39, 0.29) is 11.9 Å². The Morgan fingerprint density at radius 2 is 1.76 bits per heavy atom. The average Bonchev–Trinajstić information content (AvgIpc) is 3.24. The van der Waals surface area contributed by atoms with Gasteiger partial charge in [-0.05, 0) is 81.3 Å². The summed E-state index contributed by atoms with van der Waals surface area (Å²) in [4.78, 5) is 15.4. The van der Waals surface area contributed by atoms with Crippen LogP contribution in [0, 0.1) is 0 Å². The third-order valence-electron chi connectivity index (χ3n) is 6.83. The van der Waals surface area contributed by atoms with E-state index in [0.717, 1.165) is 80.9 Å². The van der Waals surface area contributed by atoms with Crippen LogP contribution in [-0.2, 0) is 19.4 Å². The van der Waals surface area contributed by atoms with Gasteiger partial charge in [-0.1, -0.05) is 25.1 Å². The molecule has 0 spiro atoms. The predicted octanol–water partition coefficient (Wildman–Crippen LogP) is 5.68. The fraction of sp³-hybridized carbons (Fsp3) is 0.429. The van der Waals surface area contributed by atoms with Crippen molar-refractivity contribution in [2.24, 2.45) is 0 Å². The molecule has 5 rings (SSSR count). The highest BCUT2D eigenvalue weighted by Crippen LogP contribution is 2.29. The Kier molecular flexibility index (Phi) is 6.84. The van der Waals surface area contributed by atoms with Gasteiger partial charge in [0.2, 0.25) is 0 Å². The number of nitrogens with one attached hydrogen (secondary N) is 1. The van der Waals surface area contributed by atoms with Crippen molar-refractivity contribution in [1.29, 1.82) is 0 Å². The Hall–Kier alpha value is -3.28. The number of anilines is 1. The normalized spacial score (nSPS) is 17.8. The molecule has 6 heteroatoms. The Balaban J connectivity index is 1.29. The number of likely N-dealkylation sites (tertiary alicyclic amines) is 1. The van der Waals surface area contributed by atoms with Crippen LogP contribution in [-0.4, -0.2) is 39.7 Å². The number of ether oxygens (including phenoxy) is 1. The van der Waals surface area contributed by atoms with E-state index >= 15 is 0 Å². The van der Waals surface area contributed by atoms with Crippen LogP contribution in [0.3, 0.4) is 0 Å². The number of rotatable bonds is 7. The average molecular weight is 459 g/mol. The maximum atomic E-state index is 13.4. The van der Waals surface area contributed by atoms with Gasteiger partial charge in [0, 0.05) is 42.6 Å². The Labute approximate surface area is 201 Å². The van der Waals surface area contributed by atoms with Crippen LogP contribution in [0.25, 0.3) is 0 Å². The van der Waals surface area contributed by atoms with E-state index in [4.69, 9.17) is 9.84 Å². The maximum absolute atomic E-state index is 13.4. The minimum atomic E-state index is 0.119. The Morgan fingerprint density at radius 3 is 2.50 bits per heavy atom. The number of carbonyl (C=O) groups excluding carboxylic acids is 1. The molecule has 1 saturated heterocycles. The molecule has 1 aliphatic carbocycles. The van der Waals surface area contributed by atoms with Crippen LogP contribution in [0.4, 0.5) is 5.69 Å². The highest BCUT2D eigenvalue weighted by atomic mass is 16.5. The molecule has 2 aromatic carbocycles. The van der Waals surface area contributed by atoms with Crippen LogP contribution < -0.4 is 10.1 Å². The number of nitrogens with zero attached hydrogens (tertiary/aromatic N) is 3. The van der Waals surface area contributed by atoms with Crippen molar-refractivity contribution in [3.05, 3.63) is 71.5 Å².